The van der Waals surface area contributed by atoms with Crippen LogP contribution in [0.2, 0.25) is 0 Å². The molecule has 0 radical (unpaired) electrons. The molecule has 8 heteroatoms. The van der Waals surface area contributed by atoms with Crippen molar-refractivity contribution < 1.29 is 28.3 Å². The first kappa shape index (κ1) is 19.5. The zero-order chi connectivity index (χ0) is 20.8. The highest BCUT2D eigenvalue weighted by Gasteiger charge is 2.14. The van der Waals surface area contributed by atoms with Gasteiger partial charge < -0.3 is 23.5 Å². The third kappa shape index (κ3) is 4.60. The van der Waals surface area contributed by atoms with Gasteiger partial charge in [0.1, 0.15) is 5.75 Å². The molecule has 0 unspecified atom stereocenters. The summed E-state index contributed by atoms with van der Waals surface area (Å²) in [4.78, 5) is 16.3. The highest BCUT2D eigenvalue weighted by Crippen LogP contribution is 2.31. The standard InChI is InChI=1S/C22H20N2O6/c1-26-17-6-3-2-5-16(17)22-23-20(30-24-22)14-29-21(25)10-8-15-7-9-18-19(13-15)28-12-4-11-27-18/h2-3,5-10,13H,4,11-12,14H2,1H3/b10-8+. The number of methoxy groups -OCH3 is 1. The fraction of sp³-hybridized carbons (Fsp3) is 0.227. The van der Waals surface area contributed by atoms with E-state index >= 15 is 0 Å². The number of hydrogen-bond acceptors (Lipinski definition) is 8. The second kappa shape index (κ2) is 9.13. The summed E-state index contributed by atoms with van der Waals surface area (Å²) in [5.74, 6) is 2.01. The molecule has 0 aliphatic carbocycles. The van der Waals surface area contributed by atoms with Crippen molar-refractivity contribution >= 4 is 12.0 Å². The molecular weight excluding hydrogens is 388 g/mol. The number of aromatic nitrogens is 2. The lowest BCUT2D eigenvalue weighted by Crippen LogP contribution is -2.01. The molecule has 0 saturated heterocycles. The molecule has 0 atom stereocenters. The Labute approximate surface area is 173 Å². The van der Waals surface area contributed by atoms with Gasteiger partial charge in [0.25, 0.3) is 5.89 Å². The first-order valence-electron chi connectivity index (χ1n) is 9.43. The predicted molar refractivity (Wildman–Crippen MR) is 107 cm³/mol. The average Bonchev–Trinajstić information content (AvgIpc) is 3.13. The van der Waals surface area contributed by atoms with Crippen LogP contribution in [0.3, 0.4) is 0 Å². The highest BCUT2D eigenvalue weighted by atomic mass is 16.6. The molecule has 154 valence electrons. The summed E-state index contributed by atoms with van der Waals surface area (Å²) in [6.07, 6.45) is 3.81. The summed E-state index contributed by atoms with van der Waals surface area (Å²) < 4.78 is 26.9. The van der Waals surface area contributed by atoms with Crippen molar-refractivity contribution in [1.82, 2.24) is 10.1 Å². The Morgan fingerprint density at radius 2 is 1.97 bits per heavy atom. The molecule has 1 aliphatic rings. The lowest BCUT2D eigenvalue weighted by Gasteiger charge is -2.07. The Bertz CT molecular complexity index is 1060. The molecular formula is C22H20N2O6. The van der Waals surface area contributed by atoms with E-state index in [-0.39, 0.29) is 12.5 Å². The average molecular weight is 408 g/mol. The van der Waals surface area contributed by atoms with Gasteiger partial charge in [-0.1, -0.05) is 23.4 Å². The summed E-state index contributed by atoms with van der Waals surface area (Å²) >= 11 is 0. The number of rotatable bonds is 6. The molecule has 8 nitrogen and oxygen atoms in total. The van der Waals surface area contributed by atoms with Gasteiger partial charge in [0.2, 0.25) is 5.82 Å². The maximum atomic E-state index is 12.0. The number of nitrogens with zero attached hydrogens (tertiary/aromatic N) is 2. The van der Waals surface area contributed by atoms with E-state index in [1.165, 1.54) is 6.08 Å². The fourth-order valence-corrected chi connectivity index (χ4v) is 2.88. The zero-order valence-electron chi connectivity index (χ0n) is 16.4. The SMILES string of the molecule is COc1ccccc1-c1noc(COC(=O)/C=C/c2ccc3c(c2)OCCCO3)n1. The quantitative estimate of drug-likeness (QED) is 0.451. The molecule has 2 heterocycles. The number of carbonyl (C=O) groups excluding carboxylic acids is 1. The summed E-state index contributed by atoms with van der Waals surface area (Å²) in [5.41, 5.74) is 1.49. The molecule has 1 aromatic heterocycles. The van der Waals surface area contributed by atoms with Gasteiger partial charge in [-0.2, -0.15) is 4.98 Å². The summed E-state index contributed by atoms with van der Waals surface area (Å²) in [6, 6.07) is 12.8. The normalized spacial score (nSPS) is 13.1. The Kier molecular flexibility index (Phi) is 5.93. The maximum absolute atomic E-state index is 12.0. The first-order valence-corrected chi connectivity index (χ1v) is 9.43. The van der Waals surface area contributed by atoms with Crippen LogP contribution in [0.4, 0.5) is 0 Å². The van der Waals surface area contributed by atoms with E-state index in [0.717, 1.165) is 12.0 Å². The van der Waals surface area contributed by atoms with Crippen LogP contribution >= 0.6 is 0 Å². The van der Waals surface area contributed by atoms with Crippen molar-refractivity contribution in [2.24, 2.45) is 0 Å². The largest absolute Gasteiger partial charge is 0.496 e. The van der Waals surface area contributed by atoms with Crippen molar-refractivity contribution in [3.8, 4) is 28.6 Å². The van der Waals surface area contributed by atoms with Crippen molar-refractivity contribution in [2.45, 2.75) is 13.0 Å². The van der Waals surface area contributed by atoms with Crippen LogP contribution in [-0.2, 0) is 16.1 Å². The fourth-order valence-electron chi connectivity index (χ4n) is 2.88. The molecule has 30 heavy (non-hydrogen) atoms. The van der Waals surface area contributed by atoms with Gasteiger partial charge in [-0.15, -0.1) is 0 Å². The van der Waals surface area contributed by atoms with Crippen LogP contribution in [0.15, 0.2) is 53.1 Å². The van der Waals surface area contributed by atoms with Crippen molar-refractivity contribution in [3.63, 3.8) is 0 Å². The smallest absolute Gasteiger partial charge is 0.331 e. The third-order valence-electron chi connectivity index (χ3n) is 4.34. The summed E-state index contributed by atoms with van der Waals surface area (Å²) in [7, 11) is 1.57. The topological polar surface area (TPSA) is 92.9 Å². The third-order valence-corrected chi connectivity index (χ3v) is 4.34. The second-order valence-electron chi connectivity index (χ2n) is 6.41. The maximum Gasteiger partial charge on any atom is 0.331 e. The molecule has 0 bridgehead atoms. The van der Waals surface area contributed by atoms with E-state index in [4.69, 9.17) is 23.5 Å². The van der Waals surface area contributed by atoms with Crippen molar-refractivity contribution in [1.29, 1.82) is 0 Å². The summed E-state index contributed by atoms with van der Waals surface area (Å²) in [6.45, 7) is 1.10. The number of ether oxygens (including phenoxy) is 4. The van der Waals surface area contributed by atoms with Gasteiger partial charge in [-0.3, -0.25) is 0 Å². The van der Waals surface area contributed by atoms with Gasteiger partial charge in [-0.05, 0) is 35.9 Å². The van der Waals surface area contributed by atoms with Gasteiger partial charge >= 0.3 is 5.97 Å². The second-order valence-corrected chi connectivity index (χ2v) is 6.41. The predicted octanol–water partition coefficient (Wildman–Crippen LogP) is 3.66. The van der Waals surface area contributed by atoms with Gasteiger partial charge in [-0.25, -0.2) is 4.79 Å². The zero-order valence-corrected chi connectivity index (χ0v) is 16.4. The molecule has 0 saturated carbocycles. The molecule has 4 rings (SSSR count). The number of carbonyl (C=O) groups is 1. The van der Waals surface area contributed by atoms with Crippen LogP contribution < -0.4 is 14.2 Å². The van der Waals surface area contributed by atoms with E-state index in [1.807, 2.05) is 36.4 Å². The first-order chi connectivity index (χ1) is 14.7. The summed E-state index contributed by atoms with van der Waals surface area (Å²) in [5, 5.41) is 3.91. The number of fused-ring (bicyclic) bond motifs is 1. The van der Waals surface area contributed by atoms with Gasteiger partial charge in [0.05, 0.1) is 25.9 Å². The minimum Gasteiger partial charge on any atom is -0.496 e. The minimum absolute atomic E-state index is 0.132. The van der Waals surface area contributed by atoms with Crippen LogP contribution in [0, 0.1) is 0 Å². The van der Waals surface area contributed by atoms with Crippen LogP contribution in [0.25, 0.3) is 17.5 Å². The Morgan fingerprint density at radius 3 is 2.83 bits per heavy atom. The van der Waals surface area contributed by atoms with E-state index in [9.17, 15) is 4.79 Å². The van der Waals surface area contributed by atoms with E-state index in [0.29, 0.717) is 41.9 Å². The number of esters is 1. The highest BCUT2D eigenvalue weighted by molar-refractivity contribution is 5.87. The molecule has 0 amide bonds. The van der Waals surface area contributed by atoms with E-state index < -0.39 is 5.97 Å². The van der Waals surface area contributed by atoms with E-state index in [1.54, 1.807) is 19.3 Å². The van der Waals surface area contributed by atoms with Gasteiger partial charge in [0.15, 0.2) is 18.1 Å². The van der Waals surface area contributed by atoms with Crippen LogP contribution in [-0.4, -0.2) is 36.4 Å². The number of para-hydroxylation sites is 1. The van der Waals surface area contributed by atoms with Crippen molar-refractivity contribution in [2.75, 3.05) is 20.3 Å². The Morgan fingerprint density at radius 1 is 1.13 bits per heavy atom. The molecule has 1 aliphatic heterocycles. The Balaban J connectivity index is 1.35. The van der Waals surface area contributed by atoms with Crippen LogP contribution in [0.1, 0.15) is 17.9 Å². The Hall–Kier alpha value is -3.81. The van der Waals surface area contributed by atoms with Crippen molar-refractivity contribution in [3.05, 3.63) is 60.0 Å². The molecule has 3 aromatic rings. The minimum atomic E-state index is -0.529. The molecule has 0 spiro atoms. The van der Waals surface area contributed by atoms with E-state index in [2.05, 4.69) is 10.1 Å². The molecule has 0 fully saturated rings. The molecule has 0 N–H and O–H groups in total. The molecule has 2 aromatic carbocycles. The number of benzene rings is 2. The monoisotopic (exact) mass is 408 g/mol. The van der Waals surface area contributed by atoms with Crippen LogP contribution in [0.5, 0.6) is 17.2 Å². The lowest BCUT2D eigenvalue weighted by molar-refractivity contribution is -0.139. The lowest BCUT2D eigenvalue weighted by atomic mass is 10.2. The van der Waals surface area contributed by atoms with Gasteiger partial charge in [0, 0.05) is 12.5 Å². The number of hydrogen-bond donors (Lipinski definition) is 0.